The summed E-state index contributed by atoms with van der Waals surface area (Å²) in [4.78, 5) is 14.8. The second-order valence-electron chi connectivity index (χ2n) is 3.99. The first-order valence-corrected chi connectivity index (χ1v) is 6.68. The first kappa shape index (κ1) is 11.9. The van der Waals surface area contributed by atoms with E-state index in [1.54, 1.807) is 12.1 Å². The van der Waals surface area contributed by atoms with E-state index in [1.165, 1.54) is 11.3 Å². The topological polar surface area (TPSA) is 46.3 Å². The van der Waals surface area contributed by atoms with Gasteiger partial charge in [-0.15, -0.1) is 11.3 Å². The second-order valence-corrected chi connectivity index (χ2v) is 5.70. The van der Waals surface area contributed by atoms with Crippen molar-refractivity contribution in [1.29, 1.82) is 0 Å². The third-order valence-electron chi connectivity index (χ3n) is 2.94. The molecule has 2 rings (SSSR count). The van der Waals surface area contributed by atoms with Gasteiger partial charge in [0.05, 0.1) is 9.21 Å². The van der Waals surface area contributed by atoms with Gasteiger partial charge < -0.3 is 10.6 Å². The van der Waals surface area contributed by atoms with E-state index in [-0.39, 0.29) is 11.9 Å². The lowest BCUT2D eigenvalue weighted by Gasteiger charge is -2.34. The highest BCUT2D eigenvalue weighted by atomic mass is 35.5. The smallest absolute Gasteiger partial charge is 0.264 e. The van der Waals surface area contributed by atoms with E-state index < -0.39 is 0 Å². The van der Waals surface area contributed by atoms with Crippen LogP contribution in [-0.4, -0.2) is 29.9 Å². The molecule has 0 aromatic carbocycles. The van der Waals surface area contributed by atoms with Gasteiger partial charge in [-0.2, -0.15) is 0 Å². The number of halogens is 1. The largest absolute Gasteiger partial charge is 0.334 e. The van der Waals surface area contributed by atoms with Crippen molar-refractivity contribution in [2.45, 2.75) is 25.3 Å². The Hall–Kier alpha value is -0.580. The molecule has 0 saturated carbocycles. The second kappa shape index (κ2) is 5.17. The Morgan fingerprint density at radius 3 is 3.00 bits per heavy atom. The number of amides is 1. The van der Waals surface area contributed by atoms with Crippen molar-refractivity contribution in [3.63, 3.8) is 0 Å². The lowest BCUT2D eigenvalue weighted by molar-refractivity contribution is 0.0628. The zero-order chi connectivity index (χ0) is 11.5. The molecule has 0 radical (unpaired) electrons. The molecule has 1 atom stereocenters. The van der Waals surface area contributed by atoms with Gasteiger partial charge in [0.25, 0.3) is 5.91 Å². The van der Waals surface area contributed by atoms with Gasteiger partial charge in [-0.3, -0.25) is 4.79 Å². The summed E-state index contributed by atoms with van der Waals surface area (Å²) in [6.07, 6.45) is 3.25. The molecule has 1 aromatic rings. The molecule has 16 heavy (non-hydrogen) atoms. The van der Waals surface area contributed by atoms with Gasteiger partial charge in [0.1, 0.15) is 0 Å². The molecule has 5 heteroatoms. The van der Waals surface area contributed by atoms with Crippen LogP contribution in [0.2, 0.25) is 4.34 Å². The minimum atomic E-state index is 0.0760. The molecule has 1 saturated heterocycles. The maximum Gasteiger partial charge on any atom is 0.264 e. The summed E-state index contributed by atoms with van der Waals surface area (Å²) in [5, 5.41) is 0. The average molecular weight is 259 g/mol. The van der Waals surface area contributed by atoms with Crippen molar-refractivity contribution in [1.82, 2.24) is 4.90 Å². The first-order valence-electron chi connectivity index (χ1n) is 5.48. The summed E-state index contributed by atoms with van der Waals surface area (Å²) in [7, 11) is 0. The van der Waals surface area contributed by atoms with E-state index in [2.05, 4.69) is 0 Å². The number of carbonyl (C=O) groups is 1. The Bertz CT molecular complexity index is 380. The first-order chi connectivity index (χ1) is 7.72. The van der Waals surface area contributed by atoms with Crippen LogP contribution in [0.15, 0.2) is 12.1 Å². The standard InChI is InChI=1S/C11H15ClN2OS/c12-10-5-4-9(16-10)11(15)14-6-2-1-3-8(14)7-13/h4-5,8H,1-3,6-7,13H2. The van der Waals surface area contributed by atoms with Crippen molar-refractivity contribution >= 4 is 28.8 Å². The van der Waals surface area contributed by atoms with Gasteiger partial charge in [0.2, 0.25) is 0 Å². The third kappa shape index (κ3) is 2.39. The van der Waals surface area contributed by atoms with Crippen molar-refractivity contribution < 1.29 is 4.79 Å². The molecule has 2 heterocycles. The van der Waals surface area contributed by atoms with Crippen LogP contribution in [0, 0.1) is 0 Å². The normalized spacial score (nSPS) is 21.1. The molecule has 3 nitrogen and oxygen atoms in total. The van der Waals surface area contributed by atoms with Crippen LogP contribution in [-0.2, 0) is 0 Å². The molecule has 1 aliphatic rings. The highest BCUT2D eigenvalue weighted by molar-refractivity contribution is 7.17. The molecule has 2 N–H and O–H groups in total. The van der Waals surface area contributed by atoms with Gasteiger partial charge in [-0.25, -0.2) is 0 Å². The fraction of sp³-hybridized carbons (Fsp3) is 0.545. The summed E-state index contributed by atoms with van der Waals surface area (Å²) in [6.45, 7) is 1.36. The maximum absolute atomic E-state index is 12.2. The number of likely N-dealkylation sites (tertiary alicyclic amines) is 1. The Balaban J connectivity index is 2.13. The van der Waals surface area contributed by atoms with Crippen molar-refractivity contribution in [2.75, 3.05) is 13.1 Å². The number of rotatable bonds is 2. The summed E-state index contributed by atoms with van der Waals surface area (Å²) >= 11 is 7.17. The zero-order valence-corrected chi connectivity index (χ0v) is 10.6. The number of nitrogens with zero attached hydrogens (tertiary/aromatic N) is 1. The van der Waals surface area contributed by atoms with Crippen LogP contribution in [0.1, 0.15) is 28.9 Å². The monoisotopic (exact) mass is 258 g/mol. The molecular weight excluding hydrogens is 244 g/mol. The molecule has 88 valence electrons. The van der Waals surface area contributed by atoms with Crippen molar-refractivity contribution in [2.24, 2.45) is 5.73 Å². The van der Waals surface area contributed by atoms with E-state index in [9.17, 15) is 4.79 Å². The van der Waals surface area contributed by atoms with Gasteiger partial charge in [-0.1, -0.05) is 11.6 Å². The fourth-order valence-electron chi connectivity index (χ4n) is 2.08. The lowest BCUT2D eigenvalue weighted by Crippen LogP contribution is -2.47. The summed E-state index contributed by atoms with van der Waals surface area (Å²) < 4.78 is 0.657. The zero-order valence-electron chi connectivity index (χ0n) is 8.99. The van der Waals surface area contributed by atoms with Crippen LogP contribution in [0.4, 0.5) is 0 Å². The average Bonchev–Trinajstić information content (AvgIpc) is 2.75. The van der Waals surface area contributed by atoms with Gasteiger partial charge in [0.15, 0.2) is 0 Å². The summed E-state index contributed by atoms with van der Waals surface area (Å²) in [5.41, 5.74) is 5.70. The molecule has 1 amide bonds. The van der Waals surface area contributed by atoms with E-state index in [4.69, 9.17) is 17.3 Å². The minimum absolute atomic E-state index is 0.0760. The molecule has 0 aliphatic carbocycles. The maximum atomic E-state index is 12.2. The Morgan fingerprint density at radius 2 is 2.38 bits per heavy atom. The highest BCUT2D eigenvalue weighted by Crippen LogP contribution is 2.25. The molecule has 0 bridgehead atoms. The van der Waals surface area contributed by atoms with Crippen molar-refractivity contribution in [3.05, 3.63) is 21.3 Å². The van der Waals surface area contributed by atoms with Crippen LogP contribution in [0.3, 0.4) is 0 Å². The molecule has 1 aromatic heterocycles. The minimum Gasteiger partial charge on any atom is -0.334 e. The van der Waals surface area contributed by atoms with E-state index in [0.29, 0.717) is 15.8 Å². The molecule has 1 unspecified atom stereocenters. The van der Waals surface area contributed by atoms with Crippen LogP contribution >= 0.6 is 22.9 Å². The lowest BCUT2D eigenvalue weighted by atomic mass is 10.0. The predicted octanol–water partition coefficient (Wildman–Crippen LogP) is 2.35. The Labute approximate surface area is 104 Å². The third-order valence-corrected chi connectivity index (χ3v) is 4.16. The predicted molar refractivity (Wildman–Crippen MR) is 67.1 cm³/mol. The van der Waals surface area contributed by atoms with E-state index in [0.717, 1.165) is 25.8 Å². The highest BCUT2D eigenvalue weighted by Gasteiger charge is 2.27. The molecule has 1 fully saturated rings. The van der Waals surface area contributed by atoms with Gasteiger partial charge >= 0.3 is 0 Å². The van der Waals surface area contributed by atoms with Crippen LogP contribution in [0.25, 0.3) is 0 Å². The number of hydrogen-bond donors (Lipinski definition) is 1. The number of hydrogen-bond acceptors (Lipinski definition) is 3. The SMILES string of the molecule is NCC1CCCCN1C(=O)c1ccc(Cl)s1. The quantitative estimate of drug-likeness (QED) is 0.885. The van der Waals surface area contributed by atoms with E-state index in [1.807, 2.05) is 4.90 Å². The Morgan fingerprint density at radius 1 is 1.56 bits per heavy atom. The number of carbonyl (C=O) groups excluding carboxylic acids is 1. The van der Waals surface area contributed by atoms with E-state index >= 15 is 0 Å². The number of thiophene rings is 1. The van der Waals surface area contributed by atoms with Gasteiger partial charge in [0, 0.05) is 19.1 Å². The van der Waals surface area contributed by atoms with Crippen molar-refractivity contribution in [3.8, 4) is 0 Å². The van der Waals surface area contributed by atoms with Crippen LogP contribution < -0.4 is 5.73 Å². The molecular formula is C11H15ClN2OS. The fourth-order valence-corrected chi connectivity index (χ4v) is 3.08. The van der Waals surface area contributed by atoms with Crippen LogP contribution in [0.5, 0.6) is 0 Å². The molecule has 1 aliphatic heterocycles. The summed E-state index contributed by atoms with van der Waals surface area (Å²) in [5.74, 6) is 0.0760. The Kier molecular flexibility index (Phi) is 3.84. The summed E-state index contributed by atoms with van der Waals surface area (Å²) in [6, 6.07) is 3.75. The number of piperidine rings is 1. The van der Waals surface area contributed by atoms with Gasteiger partial charge in [-0.05, 0) is 31.4 Å². The number of nitrogens with two attached hydrogens (primary N) is 1. The molecule has 0 spiro atoms.